The Morgan fingerprint density at radius 3 is 1.50 bits per heavy atom. The van der Waals surface area contributed by atoms with Crippen molar-refractivity contribution in [1.82, 2.24) is 0 Å². The van der Waals surface area contributed by atoms with Gasteiger partial charge in [0.2, 0.25) is 0 Å². The van der Waals surface area contributed by atoms with Gasteiger partial charge in [0.15, 0.2) is 0 Å². The van der Waals surface area contributed by atoms with Crippen LogP contribution < -0.4 is 0 Å². The van der Waals surface area contributed by atoms with Crippen LogP contribution in [0.5, 0.6) is 0 Å². The lowest BCUT2D eigenvalue weighted by atomic mass is 9.88. The molecule has 0 spiro atoms. The van der Waals surface area contributed by atoms with Crippen LogP contribution in [0.3, 0.4) is 0 Å². The number of hydrogen-bond donors (Lipinski definition) is 3. The van der Waals surface area contributed by atoms with Crippen molar-refractivity contribution in [3.8, 4) is 0 Å². The maximum absolute atomic E-state index is 8.77. The van der Waals surface area contributed by atoms with Gasteiger partial charge in [-0.3, -0.25) is 0 Å². The van der Waals surface area contributed by atoms with E-state index in [2.05, 4.69) is 10.2 Å². The second-order valence-corrected chi connectivity index (χ2v) is 2.97. The quantitative estimate of drug-likeness (QED) is 0.450. The highest BCUT2D eigenvalue weighted by Crippen LogP contribution is 2.20. The molecule has 10 heavy (non-hydrogen) atoms. The van der Waals surface area contributed by atoms with Gasteiger partial charge in [0.25, 0.3) is 0 Å². The van der Waals surface area contributed by atoms with E-state index in [1.54, 1.807) is 0 Å². The Hall–Kier alpha value is 0.0969. The summed E-state index contributed by atoms with van der Waals surface area (Å²) in [7, 11) is 3.22. The predicted octanol–water partition coefficient (Wildman–Crippen LogP) is -1.07. The van der Waals surface area contributed by atoms with Crippen LogP contribution >= 0.6 is 0 Å². The molecule has 0 fully saturated rings. The van der Waals surface area contributed by atoms with Crippen LogP contribution in [0.15, 0.2) is 0 Å². The van der Waals surface area contributed by atoms with E-state index in [9.17, 15) is 0 Å². The van der Waals surface area contributed by atoms with E-state index in [4.69, 9.17) is 15.3 Å². The third-order valence-corrected chi connectivity index (χ3v) is 1.91. The molecule has 0 aromatic carbocycles. The number of hydrogen-bond acceptors (Lipinski definition) is 3. The summed E-state index contributed by atoms with van der Waals surface area (Å²) in [6, 6.07) is 0.668. The number of aliphatic hydroxyl groups excluding tert-OH is 3. The highest BCUT2D eigenvalue weighted by molar-refractivity contribution is 6.08. The average Bonchev–Trinajstić information content (AvgIpc) is 2.01. The van der Waals surface area contributed by atoms with Crippen LogP contribution in [0, 0.1) is 5.41 Å². The van der Waals surface area contributed by atoms with Crippen LogP contribution in [-0.4, -0.2) is 45.4 Å². The zero-order valence-electron chi connectivity index (χ0n) is 5.88. The summed E-state index contributed by atoms with van der Waals surface area (Å²) in [5.74, 6) is 0. The van der Waals surface area contributed by atoms with Gasteiger partial charge in [-0.25, -0.2) is 0 Å². The summed E-state index contributed by atoms with van der Waals surface area (Å²) in [5, 5.41) is 26.3. The molecule has 0 aromatic rings. The van der Waals surface area contributed by atoms with Crippen molar-refractivity contribution in [2.45, 2.75) is 12.5 Å². The molecule has 3 nitrogen and oxygen atoms in total. The maximum Gasteiger partial charge on any atom is 0.0531 e. The third-order valence-electron chi connectivity index (χ3n) is 1.66. The molecule has 0 saturated carbocycles. The molecule has 0 saturated heterocycles. The van der Waals surface area contributed by atoms with Gasteiger partial charge >= 0.3 is 0 Å². The summed E-state index contributed by atoms with van der Waals surface area (Å²) in [4.78, 5) is 0. The lowest BCUT2D eigenvalue weighted by Crippen LogP contribution is -2.33. The van der Waals surface area contributed by atoms with Crippen molar-refractivity contribution in [3.05, 3.63) is 0 Å². The summed E-state index contributed by atoms with van der Waals surface area (Å²) in [6.07, 6.45) is 0.577. The van der Waals surface area contributed by atoms with E-state index in [0.717, 1.165) is 0 Å². The predicted molar refractivity (Wildman–Crippen MR) is 38.9 cm³/mol. The SMILES string of the molecule is OCC(CO)(CO)CC[Si]. The fourth-order valence-electron chi connectivity index (χ4n) is 0.652. The lowest BCUT2D eigenvalue weighted by molar-refractivity contribution is 0.00316. The fraction of sp³-hybridized carbons (Fsp3) is 1.00. The van der Waals surface area contributed by atoms with Gasteiger partial charge in [-0.05, 0) is 6.42 Å². The van der Waals surface area contributed by atoms with Gasteiger partial charge in [-0.1, -0.05) is 6.04 Å². The van der Waals surface area contributed by atoms with Crippen molar-refractivity contribution < 1.29 is 15.3 Å². The van der Waals surface area contributed by atoms with Crippen molar-refractivity contribution >= 4 is 10.2 Å². The van der Waals surface area contributed by atoms with E-state index >= 15 is 0 Å². The van der Waals surface area contributed by atoms with Crippen molar-refractivity contribution in [1.29, 1.82) is 0 Å². The molecule has 0 aromatic heterocycles. The second-order valence-electron chi connectivity index (χ2n) is 2.47. The monoisotopic (exact) mass is 161 g/mol. The van der Waals surface area contributed by atoms with Crippen molar-refractivity contribution in [2.75, 3.05) is 19.8 Å². The molecule has 0 heterocycles. The summed E-state index contributed by atoms with van der Waals surface area (Å²) >= 11 is 0. The smallest absolute Gasteiger partial charge is 0.0531 e. The van der Waals surface area contributed by atoms with E-state index in [1.807, 2.05) is 0 Å². The van der Waals surface area contributed by atoms with Crippen LogP contribution in [0.4, 0.5) is 0 Å². The fourth-order valence-corrected chi connectivity index (χ4v) is 1.18. The molecule has 3 N–H and O–H groups in total. The Labute approximate surface area is 64.1 Å². The Morgan fingerprint density at radius 2 is 1.40 bits per heavy atom. The molecule has 0 rings (SSSR count). The first-order chi connectivity index (χ1) is 4.74. The Bertz CT molecular complexity index is 74.8. The van der Waals surface area contributed by atoms with Gasteiger partial charge in [0, 0.05) is 15.7 Å². The molecular formula is C6H13O3Si. The van der Waals surface area contributed by atoms with E-state index in [1.165, 1.54) is 0 Å². The summed E-state index contributed by atoms with van der Waals surface area (Å²) in [5.41, 5.74) is -0.707. The van der Waals surface area contributed by atoms with Crippen LogP contribution in [0.2, 0.25) is 6.04 Å². The van der Waals surface area contributed by atoms with Crippen molar-refractivity contribution in [3.63, 3.8) is 0 Å². The first-order valence-electron chi connectivity index (χ1n) is 3.22. The molecule has 0 unspecified atom stereocenters. The topological polar surface area (TPSA) is 60.7 Å². The Kier molecular flexibility index (Phi) is 4.89. The summed E-state index contributed by atoms with van der Waals surface area (Å²) < 4.78 is 0. The minimum absolute atomic E-state index is 0.176. The van der Waals surface area contributed by atoms with Gasteiger partial charge in [-0.2, -0.15) is 0 Å². The van der Waals surface area contributed by atoms with Crippen LogP contribution in [0.1, 0.15) is 6.42 Å². The first-order valence-corrected chi connectivity index (χ1v) is 3.92. The molecule has 0 amide bonds. The van der Waals surface area contributed by atoms with E-state index in [0.29, 0.717) is 12.5 Å². The maximum atomic E-state index is 8.77. The number of aliphatic hydroxyl groups is 3. The minimum Gasteiger partial charge on any atom is -0.396 e. The van der Waals surface area contributed by atoms with Crippen LogP contribution in [-0.2, 0) is 0 Å². The normalized spacial score (nSPS) is 12.0. The third kappa shape index (κ3) is 2.38. The average molecular weight is 161 g/mol. The zero-order valence-corrected chi connectivity index (χ0v) is 6.88. The van der Waals surface area contributed by atoms with Gasteiger partial charge < -0.3 is 15.3 Å². The molecule has 0 aliphatic carbocycles. The molecule has 0 atom stereocenters. The molecule has 59 valence electrons. The Balaban J connectivity index is 3.87. The largest absolute Gasteiger partial charge is 0.396 e. The lowest BCUT2D eigenvalue weighted by Gasteiger charge is -2.26. The minimum atomic E-state index is -0.707. The van der Waals surface area contributed by atoms with E-state index in [-0.39, 0.29) is 19.8 Å². The second kappa shape index (κ2) is 4.84. The standard InChI is InChI=1S/C6H13O3Si/c7-3-6(4-8,5-9)1-2-10/h7-9H,1-5H2. The summed E-state index contributed by atoms with van der Waals surface area (Å²) in [6.45, 7) is -0.528. The van der Waals surface area contributed by atoms with E-state index < -0.39 is 5.41 Å². The molecule has 4 heteroatoms. The molecule has 0 aliphatic rings. The first kappa shape index (κ1) is 10.1. The molecular weight excluding hydrogens is 148 g/mol. The van der Waals surface area contributed by atoms with Crippen molar-refractivity contribution in [2.24, 2.45) is 5.41 Å². The zero-order chi connectivity index (χ0) is 8.04. The molecule has 0 aliphatic heterocycles. The van der Waals surface area contributed by atoms with Gasteiger partial charge in [-0.15, -0.1) is 0 Å². The van der Waals surface area contributed by atoms with Gasteiger partial charge in [0.1, 0.15) is 0 Å². The molecule has 0 bridgehead atoms. The highest BCUT2D eigenvalue weighted by atomic mass is 28.1. The van der Waals surface area contributed by atoms with Gasteiger partial charge in [0.05, 0.1) is 19.8 Å². The highest BCUT2D eigenvalue weighted by Gasteiger charge is 2.26. The Morgan fingerprint density at radius 1 is 1.00 bits per heavy atom. The number of rotatable bonds is 5. The molecule has 3 radical (unpaired) electrons. The van der Waals surface area contributed by atoms with Crippen LogP contribution in [0.25, 0.3) is 0 Å².